The molecule has 2 atom stereocenters. The first-order valence-corrected chi connectivity index (χ1v) is 8.40. The second-order valence-corrected chi connectivity index (χ2v) is 5.69. The lowest BCUT2D eigenvalue weighted by Crippen LogP contribution is -2.32. The summed E-state index contributed by atoms with van der Waals surface area (Å²) in [5.74, 6) is -3.10. The third-order valence-corrected chi connectivity index (χ3v) is 3.37. The second kappa shape index (κ2) is 14.1. The van der Waals surface area contributed by atoms with Gasteiger partial charge in [0, 0.05) is 12.8 Å². The summed E-state index contributed by atoms with van der Waals surface area (Å²) in [4.78, 5) is 42.3. The number of nitrogens with two attached hydrogens (primary N) is 2. The predicted octanol–water partition coefficient (Wildman–Crippen LogP) is 0.273. The maximum atomic E-state index is 11.4. The molecule has 0 saturated heterocycles. The molecule has 2 unspecified atom stereocenters. The first-order valence-electron chi connectivity index (χ1n) is 8.40. The van der Waals surface area contributed by atoms with Crippen LogP contribution in [-0.2, 0) is 35.3 Å². The number of hydrogen-bond acceptors (Lipinski definition) is 8. The van der Waals surface area contributed by atoms with Crippen LogP contribution in [0.4, 0.5) is 0 Å². The molecular formula is C18H26N2O8. The Bertz CT molecular complexity index is 636. The highest BCUT2D eigenvalue weighted by Gasteiger charge is 2.16. The van der Waals surface area contributed by atoms with Crippen LogP contribution >= 0.6 is 0 Å². The van der Waals surface area contributed by atoms with Gasteiger partial charge >= 0.3 is 23.9 Å². The molecule has 0 aliphatic heterocycles. The maximum Gasteiger partial charge on any atom is 0.323 e. The van der Waals surface area contributed by atoms with Crippen molar-refractivity contribution in [2.45, 2.75) is 44.4 Å². The summed E-state index contributed by atoms with van der Waals surface area (Å²) in [6.07, 6.45) is -0.0527. The van der Waals surface area contributed by atoms with Crippen LogP contribution in [-0.4, -0.2) is 53.3 Å². The van der Waals surface area contributed by atoms with Crippen LogP contribution in [0.25, 0.3) is 0 Å². The molecule has 0 amide bonds. The summed E-state index contributed by atoms with van der Waals surface area (Å²) in [5, 5.41) is 16.7. The molecule has 6 N–H and O–H groups in total. The Labute approximate surface area is 162 Å². The van der Waals surface area contributed by atoms with Gasteiger partial charge in [0.25, 0.3) is 0 Å². The topological polar surface area (TPSA) is 179 Å². The van der Waals surface area contributed by atoms with Crippen molar-refractivity contribution in [3.05, 3.63) is 35.9 Å². The van der Waals surface area contributed by atoms with E-state index in [1.54, 1.807) is 0 Å². The molecular weight excluding hydrogens is 372 g/mol. The number of methoxy groups -OCH3 is 1. The van der Waals surface area contributed by atoms with Gasteiger partial charge in [-0.05, 0) is 18.4 Å². The zero-order valence-electron chi connectivity index (χ0n) is 15.6. The standard InChI is InChI=1S/C12H15NO4.C6H11NO4/c13-10(6-7-11(14)15)12(16)17-8-9-4-2-1-3-5-9;1-11-6(10)4(7)2-3-5(8)9/h1-5,10H,6-8,13H2,(H,14,15);4H,2-3,7H2,1H3,(H,8,9). The van der Waals surface area contributed by atoms with E-state index < -0.39 is 36.0 Å². The van der Waals surface area contributed by atoms with E-state index in [9.17, 15) is 19.2 Å². The van der Waals surface area contributed by atoms with Crippen LogP contribution in [0.5, 0.6) is 0 Å². The molecule has 1 aromatic rings. The van der Waals surface area contributed by atoms with Gasteiger partial charge in [0.2, 0.25) is 0 Å². The molecule has 0 radical (unpaired) electrons. The molecule has 0 aliphatic rings. The number of esters is 2. The van der Waals surface area contributed by atoms with Crippen LogP contribution in [0.3, 0.4) is 0 Å². The highest BCUT2D eigenvalue weighted by molar-refractivity contribution is 5.77. The number of benzene rings is 1. The second-order valence-electron chi connectivity index (χ2n) is 5.69. The third kappa shape index (κ3) is 12.4. The molecule has 10 nitrogen and oxygen atoms in total. The molecule has 0 fully saturated rings. The smallest absolute Gasteiger partial charge is 0.323 e. The fraction of sp³-hybridized carbons (Fsp3) is 0.444. The van der Waals surface area contributed by atoms with Crippen molar-refractivity contribution in [3.63, 3.8) is 0 Å². The zero-order chi connectivity index (χ0) is 21.5. The van der Waals surface area contributed by atoms with E-state index in [-0.39, 0.29) is 32.3 Å². The summed E-state index contributed by atoms with van der Waals surface area (Å²) in [5.41, 5.74) is 11.6. The van der Waals surface area contributed by atoms with E-state index in [2.05, 4.69) is 4.74 Å². The van der Waals surface area contributed by atoms with E-state index in [0.717, 1.165) is 5.56 Å². The Morgan fingerprint density at radius 2 is 1.36 bits per heavy atom. The lowest BCUT2D eigenvalue weighted by atomic mass is 10.2. The van der Waals surface area contributed by atoms with Crippen molar-refractivity contribution in [1.82, 2.24) is 0 Å². The fourth-order valence-electron chi connectivity index (χ4n) is 1.78. The number of carboxylic acid groups (broad SMARTS) is 2. The Morgan fingerprint density at radius 1 is 0.893 bits per heavy atom. The molecule has 0 spiro atoms. The summed E-state index contributed by atoms with van der Waals surface area (Å²) in [6, 6.07) is 7.50. The van der Waals surface area contributed by atoms with Crippen LogP contribution in [0.1, 0.15) is 31.2 Å². The van der Waals surface area contributed by atoms with E-state index >= 15 is 0 Å². The van der Waals surface area contributed by atoms with Gasteiger partial charge in [-0.15, -0.1) is 0 Å². The highest BCUT2D eigenvalue weighted by atomic mass is 16.5. The van der Waals surface area contributed by atoms with Crippen LogP contribution < -0.4 is 11.5 Å². The van der Waals surface area contributed by atoms with Gasteiger partial charge in [-0.3, -0.25) is 19.2 Å². The zero-order valence-corrected chi connectivity index (χ0v) is 15.6. The van der Waals surface area contributed by atoms with Crippen molar-refractivity contribution in [3.8, 4) is 0 Å². The lowest BCUT2D eigenvalue weighted by Gasteiger charge is -2.10. The molecule has 0 bridgehead atoms. The van der Waals surface area contributed by atoms with Crippen LogP contribution in [0.2, 0.25) is 0 Å². The minimum absolute atomic E-state index is 0.0863. The molecule has 0 saturated carbocycles. The number of carboxylic acids is 2. The normalized spacial score (nSPS) is 12.0. The van der Waals surface area contributed by atoms with Crippen molar-refractivity contribution < 1.29 is 38.9 Å². The van der Waals surface area contributed by atoms with Crippen LogP contribution in [0, 0.1) is 0 Å². The minimum atomic E-state index is -0.976. The molecule has 1 rings (SSSR count). The average Bonchev–Trinajstić information content (AvgIpc) is 2.68. The first kappa shape index (κ1) is 25.0. The van der Waals surface area contributed by atoms with E-state index in [4.69, 9.17) is 26.4 Å². The number of aliphatic carboxylic acids is 2. The van der Waals surface area contributed by atoms with E-state index in [1.807, 2.05) is 30.3 Å². The lowest BCUT2D eigenvalue weighted by molar-refractivity contribution is -0.147. The quantitative estimate of drug-likeness (QED) is 0.400. The van der Waals surface area contributed by atoms with Gasteiger partial charge in [-0.25, -0.2) is 0 Å². The summed E-state index contributed by atoms with van der Waals surface area (Å²) < 4.78 is 9.25. The van der Waals surface area contributed by atoms with Crippen molar-refractivity contribution in [2.24, 2.45) is 11.5 Å². The van der Waals surface area contributed by atoms with E-state index in [1.165, 1.54) is 7.11 Å². The number of ether oxygens (including phenoxy) is 2. The van der Waals surface area contributed by atoms with Crippen molar-refractivity contribution in [2.75, 3.05) is 7.11 Å². The van der Waals surface area contributed by atoms with Gasteiger partial charge in [0.05, 0.1) is 7.11 Å². The summed E-state index contributed by atoms with van der Waals surface area (Å²) >= 11 is 0. The number of carbonyl (C=O) groups excluding carboxylic acids is 2. The monoisotopic (exact) mass is 398 g/mol. The predicted molar refractivity (Wildman–Crippen MR) is 97.9 cm³/mol. The largest absolute Gasteiger partial charge is 0.481 e. The third-order valence-electron chi connectivity index (χ3n) is 3.37. The fourth-order valence-corrected chi connectivity index (χ4v) is 1.78. The highest BCUT2D eigenvalue weighted by Crippen LogP contribution is 2.03. The molecule has 156 valence electrons. The van der Waals surface area contributed by atoms with Crippen molar-refractivity contribution in [1.29, 1.82) is 0 Å². The molecule has 0 aromatic heterocycles. The van der Waals surface area contributed by atoms with Gasteiger partial charge in [0.15, 0.2) is 0 Å². The van der Waals surface area contributed by atoms with Gasteiger partial charge in [0.1, 0.15) is 18.7 Å². The first-order chi connectivity index (χ1) is 13.2. The summed E-state index contributed by atoms with van der Waals surface area (Å²) in [7, 11) is 1.21. The molecule has 1 aromatic carbocycles. The molecule has 10 heteroatoms. The Morgan fingerprint density at radius 3 is 1.79 bits per heavy atom. The average molecular weight is 398 g/mol. The maximum absolute atomic E-state index is 11.4. The Kier molecular flexibility index (Phi) is 12.6. The summed E-state index contributed by atoms with van der Waals surface area (Å²) in [6.45, 7) is 0.153. The Balaban J connectivity index is 0.000000576. The van der Waals surface area contributed by atoms with Gasteiger partial charge in [-0.1, -0.05) is 30.3 Å². The number of carbonyl (C=O) groups is 4. The van der Waals surface area contributed by atoms with Gasteiger partial charge < -0.3 is 31.2 Å². The molecule has 0 aliphatic carbocycles. The molecule has 28 heavy (non-hydrogen) atoms. The van der Waals surface area contributed by atoms with Gasteiger partial charge in [-0.2, -0.15) is 0 Å². The minimum Gasteiger partial charge on any atom is -0.481 e. The molecule has 0 heterocycles. The van der Waals surface area contributed by atoms with Crippen LogP contribution in [0.15, 0.2) is 30.3 Å². The Hall–Kier alpha value is -2.98. The number of hydrogen-bond donors (Lipinski definition) is 4. The van der Waals surface area contributed by atoms with E-state index in [0.29, 0.717) is 0 Å². The SMILES string of the molecule is COC(=O)C(N)CCC(=O)O.NC(CCC(=O)O)C(=O)OCc1ccccc1. The number of rotatable bonds is 10. The van der Waals surface area contributed by atoms with Crippen molar-refractivity contribution >= 4 is 23.9 Å².